The van der Waals surface area contributed by atoms with Crippen molar-refractivity contribution < 1.29 is 4.79 Å². The number of nitrogens with zero attached hydrogens (tertiary/aromatic N) is 1. The predicted molar refractivity (Wildman–Crippen MR) is 89.9 cm³/mol. The van der Waals surface area contributed by atoms with E-state index in [1.165, 1.54) is 5.56 Å². The largest absolute Gasteiger partial charge is 0.374 e. The lowest BCUT2D eigenvalue weighted by Gasteiger charge is -2.21. The van der Waals surface area contributed by atoms with Crippen LogP contribution in [0.3, 0.4) is 0 Å². The number of ketones is 1. The number of para-hydroxylation sites is 1. The Balaban J connectivity index is 2.04. The van der Waals surface area contributed by atoms with E-state index in [-0.39, 0.29) is 5.78 Å². The summed E-state index contributed by atoms with van der Waals surface area (Å²) in [4.78, 5) is 14.3. The highest BCUT2D eigenvalue weighted by atomic mass is 35.5. The fourth-order valence-corrected chi connectivity index (χ4v) is 2.64. The van der Waals surface area contributed by atoms with Crippen LogP contribution in [0.2, 0.25) is 10.0 Å². The molecule has 0 aliphatic rings. The van der Waals surface area contributed by atoms with Gasteiger partial charge in [-0.05, 0) is 30.7 Å². The second kappa shape index (κ2) is 6.97. The molecular weight excluding hydrogens is 305 g/mol. The maximum atomic E-state index is 12.3. The molecule has 0 radical (unpaired) electrons. The van der Waals surface area contributed by atoms with E-state index in [1.54, 1.807) is 18.2 Å². The van der Waals surface area contributed by atoms with Crippen LogP contribution in [0.25, 0.3) is 0 Å². The van der Waals surface area contributed by atoms with E-state index in [2.05, 4.69) is 17.9 Å². The van der Waals surface area contributed by atoms with E-state index in [4.69, 9.17) is 23.2 Å². The highest BCUT2D eigenvalue weighted by Gasteiger charge is 2.13. The van der Waals surface area contributed by atoms with Gasteiger partial charge in [0.05, 0.1) is 10.0 Å². The molecule has 2 aromatic carbocycles. The SMILES string of the molecule is Cc1ccccc1N(C)CCC(=O)c1cccc(Cl)c1Cl. The summed E-state index contributed by atoms with van der Waals surface area (Å²) in [5.41, 5.74) is 2.80. The van der Waals surface area contributed by atoms with Crippen LogP contribution in [0.1, 0.15) is 22.3 Å². The fraction of sp³-hybridized carbons (Fsp3) is 0.235. The van der Waals surface area contributed by atoms with Crippen molar-refractivity contribution in [3.63, 3.8) is 0 Å². The van der Waals surface area contributed by atoms with Gasteiger partial charge in [-0.3, -0.25) is 4.79 Å². The van der Waals surface area contributed by atoms with E-state index in [0.717, 1.165) is 5.69 Å². The predicted octanol–water partition coefficient (Wildman–Crippen LogP) is 5.01. The number of hydrogen-bond acceptors (Lipinski definition) is 2. The van der Waals surface area contributed by atoms with Crippen LogP contribution in [0.4, 0.5) is 5.69 Å². The van der Waals surface area contributed by atoms with Crippen LogP contribution in [-0.2, 0) is 0 Å². The molecule has 0 bridgehead atoms. The van der Waals surface area contributed by atoms with Crippen molar-refractivity contribution in [2.75, 3.05) is 18.5 Å². The summed E-state index contributed by atoms with van der Waals surface area (Å²) in [5.74, 6) is 0.00272. The Labute approximate surface area is 135 Å². The summed E-state index contributed by atoms with van der Waals surface area (Å²) >= 11 is 12.0. The van der Waals surface area contributed by atoms with E-state index in [1.807, 2.05) is 25.2 Å². The number of anilines is 1. The lowest BCUT2D eigenvalue weighted by Crippen LogP contribution is -2.22. The third kappa shape index (κ3) is 3.78. The first-order chi connectivity index (χ1) is 10.0. The van der Waals surface area contributed by atoms with Crippen LogP contribution in [-0.4, -0.2) is 19.4 Å². The summed E-state index contributed by atoms with van der Waals surface area (Å²) in [6, 6.07) is 13.2. The maximum Gasteiger partial charge on any atom is 0.166 e. The Bertz CT molecular complexity index is 655. The lowest BCUT2D eigenvalue weighted by atomic mass is 10.1. The molecule has 0 N–H and O–H groups in total. The molecule has 0 atom stereocenters. The zero-order chi connectivity index (χ0) is 15.4. The standard InChI is InChI=1S/C17H17Cl2NO/c1-12-6-3-4-9-15(12)20(2)11-10-16(21)13-7-5-8-14(18)17(13)19/h3-9H,10-11H2,1-2H3. The number of benzene rings is 2. The molecule has 0 spiro atoms. The average molecular weight is 322 g/mol. The highest BCUT2D eigenvalue weighted by Crippen LogP contribution is 2.26. The molecule has 0 aliphatic heterocycles. The normalized spacial score (nSPS) is 10.5. The number of Topliss-reactive ketones (excluding diaryl/α,β-unsaturated/α-hetero) is 1. The van der Waals surface area contributed by atoms with Gasteiger partial charge in [0.25, 0.3) is 0 Å². The van der Waals surface area contributed by atoms with Crippen molar-refractivity contribution >= 4 is 34.7 Å². The molecule has 2 aromatic rings. The summed E-state index contributed by atoms with van der Waals surface area (Å²) < 4.78 is 0. The second-order valence-electron chi connectivity index (χ2n) is 4.98. The number of halogens is 2. The smallest absolute Gasteiger partial charge is 0.166 e. The molecule has 21 heavy (non-hydrogen) atoms. The zero-order valence-corrected chi connectivity index (χ0v) is 13.6. The summed E-state index contributed by atoms with van der Waals surface area (Å²) in [5, 5.41) is 0.748. The van der Waals surface area contributed by atoms with Gasteiger partial charge >= 0.3 is 0 Å². The molecule has 2 nitrogen and oxygen atoms in total. The number of carbonyl (C=O) groups excluding carboxylic acids is 1. The van der Waals surface area contributed by atoms with Gasteiger partial charge in [-0.15, -0.1) is 0 Å². The Morgan fingerprint density at radius 3 is 2.52 bits per heavy atom. The first-order valence-corrected chi connectivity index (χ1v) is 7.50. The Morgan fingerprint density at radius 2 is 1.81 bits per heavy atom. The minimum Gasteiger partial charge on any atom is -0.374 e. The molecule has 0 amide bonds. The van der Waals surface area contributed by atoms with Gasteiger partial charge < -0.3 is 4.90 Å². The molecule has 0 aromatic heterocycles. The van der Waals surface area contributed by atoms with Gasteiger partial charge in [-0.25, -0.2) is 0 Å². The van der Waals surface area contributed by atoms with Crippen LogP contribution in [0, 0.1) is 6.92 Å². The van der Waals surface area contributed by atoms with Crippen molar-refractivity contribution in [1.29, 1.82) is 0 Å². The molecule has 0 saturated heterocycles. The Kier molecular flexibility index (Phi) is 5.27. The van der Waals surface area contributed by atoms with Crippen LogP contribution >= 0.6 is 23.2 Å². The van der Waals surface area contributed by atoms with Gasteiger partial charge in [-0.2, -0.15) is 0 Å². The highest BCUT2D eigenvalue weighted by molar-refractivity contribution is 6.43. The van der Waals surface area contributed by atoms with E-state index < -0.39 is 0 Å². The summed E-state index contributed by atoms with van der Waals surface area (Å²) in [6.07, 6.45) is 0.394. The molecule has 0 aliphatic carbocycles. The quantitative estimate of drug-likeness (QED) is 0.721. The molecular formula is C17H17Cl2NO. The van der Waals surface area contributed by atoms with Crippen LogP contribution < -0.4 is 4.90 Å². The first kappa shape index (κ1) is 15.9. The van der Waals surface area contributed by atoms with E-state index in [9.17, 15) is 4.79 Å². The maximum absolute atomic E-state index is 12.3. The van der Waals surface area contributed by atoms with Crippen molar-refractivity contribution in [1.82, 2.24) is 0 Å². The van der Waals surface area contributed by atoms with Gasteiger partial charge in [0.15, 0.2) is 5.78 Å². The van der Waals surface area contributed by atoms with Crippen molar-refractivity contribution in [3.8, 4) is 0 Å². The van der Waals surface area contributed by atoms with Crippen molar-refractivity contribution in [3.05, 3.63) is 63.6 Å². The molecule has 0 saturated carbocycles. The van der Waals surface area contributed by atoms with Crippen LogP contribution in [0.15, 0.2) is 42.5 Å². The minimum absolute atomic E-state index is 0.00272. The van der Waals surface area contributed by atoms with E-state index >= 15 is 0 Å². The topological polar surface area (TPSA) is 20.3 Å². The monoisotopic (exact) mass is 321 g/mol. The molecule has 0 unspecified atom stereocenters. The summed E-state index contributed by atoms with van der Waals surface area (Å²) in [7, 11) is 1.98. The summed E-state index contributed by atoms with van der Waals surface area (Å²) in [6.45, 7) is 2.69. The van der Waals surface area contributed by atoms with Gasteiger partial charge in [0, 0.05) is 31.3 Å². The van der Waals surface area contributed by atoms with Crippen molar-refractivity contribution in [2.45, 2.75) is 13.3 Å². The molecule has 4 heteroatoms. The number of aryl methyl sites for hydroxylation is 1. The molecule has 0 heterocycles. The lowest BCUT2D eigenvalue weighted by molar-refractivity contribution is 0.0985. The number of rotatable bonds is 5. The van der Waals surface area contributed by atoms with Crippen molar-refractivity contribution in [2.24, 2.45) is 0 Å². The van der Waals surface area contributed by atoms with Gasteiger partial charge in [-0.1, -0.05) is 47.5 Å². The zero-order valence-electron chi connectivity index (χ0n) is 12.1. The molecule has 110 valence electrons. The first-order valence-electron chi connectivity index (χ1n) is 6.74. The number of carbonyl (C=O) groups is 1. The average Bonchev–Trinajstić information content (AvgIpc) is 2.47. The number of hydrogen-bond donors (Lipinski definition) is 0. The molecule has 2 rings (SSSR count). The fourth-order valence-electron chi connectivity index (χ4n) is 2.24. The van der Waals surface area contributed by atoms with E-state index in [0.29, 0.717) is 28.6 Å². The molecule has 0 fully saturated rings. The third-order valence-electron chi connectivity index (χ3n) is 3.45. The van der Waals surface area contributed by atoms with Gasteiger partial charge in [0.2, 0.25) is 0 Å². The Morgan fingerprint density at radius 1 is 1.10 bits per heavy atom. The minimum atomic E-state index is 0.00272. The third-order valence-corrected chi connectivity index (χ3v) is 4.27. The van der Waals surface area contributed by atoms with Gasteiger partial charge in [0.1, 0.15) is 0 Å². The van der Waals surface area contributed by atoms with Crippen LogP contribution in [0.5, 0.6) is 0 Å². The Hall–Kier alpha value is -1.51. The second-order valence-corrected chi connectivity index (χ2v) is 5.77.